The van der Waals surface area contributed by atoms with Crippen LogP contribution in [0.15, 0.2) is 12.7 Å². The average Bonchev–Trinajstić information content (AvgIpc) is 2.47. The van der Waals surface area contributed by atoms with Crippen LogP contribution in [0.2, 0.25) is 0 Å². The highest BCUT2D eigenvalue weighted by Crippen LogP contribution is 2.08. The molecule has 3 heteroatoms. The number of carbonyl (C=O) groups is 1. The van der Waals surface area contributed by atoms with E-state index in [2.05, 4.69) is 18.8 Å². The lowest BCUT2D eigenvalue weighted by molar-refractivity contribution is -0.116. The molecular weight excluding hydrogens is 250 g/mol. The fourth-order valence-electron chi connectivity index (χ4n) is 2.02. The zero-order valence-corrected chi connectivity index (χ0v) is 13.3. The molecule has 0 aromatic heterocycles. The van der Waals surface area contributed by atoms with E-state index in [9.17, 15) is 4.79 Å². The molecule has 118 valence electrons. The van der Waals surface area contributed by atoms with Crippen LogP contribution >= 0.6 is 0 Å². The molecule has 0 atom stereocenters. The molecule has 0 aliphatic rings. The quantitative estimate of drug-likeness (QED) is 0.361. The summed E-state index contributed by atoms with van der Waals surface area (Å²) in [4.78, 5) is 10.9. The second-order valence-electron chi connectivity index (χ2n) is 5.29. The Kier molecular flexibility index (Phi) is 15.6. The number of rotatable bonds is 15. The SMILES string of the molecule is C=CC(=O)NCCCCCCCCCCOCCCC. The van der Waals surface area contributed by atoms with Crippen molar-refractivity contribution in [3.05, 3.63) is 12.7 Å². The van der Waals surface area contributed by atoms with Crippen LogP contribution in [-0.2, 0) is 9.53 Å². The van der Waals surface area contributed by atoms with Crippen molar-refractivity contribution in [1.82, 2.24) is 5.32 Å². The maximum absolute atomic E-state index is 10.9. The molecular formula is C17H33NO2. The molecule has 0 fully saturated rings. The van der Waals surface area contributed by atoms with E-state index in [4.69, 9.17) is 4.74 Å². The van der Waals surface area contributed by atoms with Crippen LogP contribution in [0.3, 0.4) is 0 Å². The van der Waals surface area contributed by atoms with Gasteiger partial charge >= 0.3 is 0 Å². The Morgan fingerprint density at radius 1 is 0.950 bits per heavy atom. The minimum atomic E-state index is -0.0637. The van der Waals surface area contributed by atoms with Crippen molar-refractivity contribution in [3.63, 3.8) is 0 Å². The van der Waals surface area contributed by atoms with Crippen molar-refractivity contribution < 1.29 is 9.53 Å². The summed E-state index contributed by atoms with van der Waals surface area (Å²) in [7, 11) is 0. The summed E-state index contributed by atoms with van der Waals surface area (Å²) >= 11 is 0. The molecule has 0 aliphatic heterocycles. The van der Waals surface area contributed by atoms with Gasteiger partial charge < -0.3 is 10.1 Å². The molecule has 20 heavy (non-hydrogen) atoms. The summed E-state index contributed by atoms with van der Waals surface area (Å²) in [5, 5.41) is 2.80. The van der Waals surface area contributed by atoms with E-state index in [1.165, 1.54) is 63.9 Å². The van der Waals surface area contributed by atoms with Crippen LogP contribution in [-0.4, -0.2) is 25.7 Å². The minimum absolute atomic E-state index is 0.0637. The first-order valence-corrected chi connectivity index (χ1v) is 8.29. The lowest BCUT2D eigenvalue weighted by atomic mass is 10.1. The van der Waals surface area contributed by atoms with Crippen molar-refractivity contribution in [3.8, 4) is 0 Å². The minimum Gasteiger partial charge on any atom is -0.381 e. The van der Waals surface area contributed by atoms with Crippen molar-refractivity contribution >= 4 is 5.91 Å². The first kappa shape index (κ1) is 19.2. The van der Waals surface area contributed by atoms with Gasteiger partial charge in [-0.15, -0.1) is 0 Å². The molecule has 0 unspecified atom stereocenters. The van der Waals surface area contributed by atoms with Gasteiger partial charge in [-0.25, -0.2) is 0 Å². The van der Waals surface area contributed by atoms with Crippen LogP contribution in [0.5, 0.6) is 0 Å². The molecule has 0 rings (SSSR count). The fraction of sp³-hybridized carbons (Fsp3) is 0.824. The number of amides is 1. The number of carbonyl (C=O) groups excluding carboxylic acids is 1. The second-order valence-corrected chi connectivity index (χ2v) is 5.29. The zero-order chi connectivity index (χ0) is 14.9. The molecule has 0 heterocycles. The summed E-state index contributed by atoms with van der Waals surface area (Å²) in [6.45, 7) is 8.26. The summed E-state index contributed by atoms with van der Waals surface area (Å²) in [6.07, 6.45) is 13.7. The topological polar surface area (TPSA) is 38.3 Å². The van der Waals surface area contributed by atoms with Crippen LogP contribution in [0.4, 0.5) is 0 Å². The third-order valence-electron chi connectivity index (χ3n) is 3.34. The Bertz CT molecular complexity index is 229. The maximum atomic E-state index is 10.9. The molecule has 3 nitrogen and oxygen atoms in total. The standard InChI is InChI=1S/C17H33NO2/c1-3-5-15-20-16-13-11-9-7-6-8-10-12-14-18-17(19)4-2/h4H,2-3,5-16H2,1H3,(H,18,19). The van der Waals surface area contributed by atoms with E-state index in [0.29, 0.717) is 0 Å². The molecule has 0 saturated heterocycles. The number of hydrogen-bond donors (Lipinski definition) is 1. The van der Waals surface area contributed by atoms with Gasteiger partial charge in [0.05, 0.1) is 0 Å². The van der Waals surface area contributed by atoms with E-state index in [-0.39, 0.29) is 5.91 Å². The first-order chi connectivity index (χ1) is 9.81. The molecule has 1 N–H and O–H groups in total. The molecule has 0 bridgehead atoms. The lowest BCUT2D eigenvalue weighted by Crippen LogP contribution is -2.21. The van der Waals surface area contributed by atoms with Gasteiger partial charge in [0.2, 0.25) is 5.91 Å². The normalized spacial score (nSPS) is 10.4. The average molecular weight is 283 g/mol. The van der Waals surface area contributed by atoms with Gasteiger partial charge in [-0.1, -0.05) is 58.4 Å². The van der Waals surface area contributed by atoms with Gasteiger partial charge in [-0.05, 0) is 25.3 Å². The van der Waals surface area contributed by atoms with E-state index >= 15 is 0 Å². The molecule has 0 radical (unpaired) electrons. The molecule has 0 aromatic rings. The molecule has 1 amide bonds. The van der Waals surface area contributed by atoms with Crippen molar-refractivity contribution in [2.75, 3.05) is 19.8 Å². The molecule has 0 spiro atoms. The van der Waals surface area contributed by atoms with E-state index in [1.54, 1.807) is 0 Å². The fourth-order valence-corrected chi connectivity index (χ4v) is 2.02. The monoisotopic (exact) mass is 283 g/mol. The number of unbranched alkanes of at least 4 members (excludes halogenated alkanes) is 8. The van der Waals surface area contributed by atoms with Gasteiger partial charge in [0.25, 0.3) is 0 Å². The third kappa shape index (κ3) is 15.2. The summed E-state index contributed by atoms with van der Waals surface area (Å²) in [6, 6.07) is 0. The predicted molar refractivity (Wildman–Crippen MR) is 85.9 cm³/mol. The summed E-state index contributed by atoms with van der Waals surface area (Å²) in [5.41, 5.74) is 0. The van der Waals surface area contributed by atoms with E-state index < -0.39 is 0 Å². The van der Waals surface area contributed by atoms with Gasteiger partial charge in [-0.2, -0.15) is 0 Å². The largest absolute Gasteiger partial charge is 0.381 e. The number of hydrogen-bond acceptors (Lipinski definition) is 2. The molecule has 0 aliphatic carbocycles. The van der Waals surface area contributed by atoms with Crippen molar-refractivity contribution in [2.45, 2.75) is 71.1 Å². The highest BCUT2D eigenvalue weighted by molar-refractivity contribution is 5.86. The Balaban J connectivity index is 2.99. The van der Waals surface area contributed by atoms with Crippen LogP contribution in [0, 0.1) is 0 Å². The maximum Gasteiger partial charge on any atom is 0.243 e. The van der Waals surface area contributed by atoms with Gasteiger partial charge in [0.15, 0.2) is 0 Å². The van der Waals surface area contributed by atoms with Gasteiger partial charge in [0, 0.05) is 19.8 Å². The highest BCUT2D eigenvalue weighted by atomic mass is 16.5. The van der Waals surface area contributed by atoms with Gasteiger partial charge in [0.1, 0.15) is 0 Å². The van der Waals surface area contributed by atoms with Crippen molar-refractivity contribution in [1.29, 1.82) is 0 Å². The Labute approximate surface area is 125 Å². The third-order valence-corrected chi connectivity index (χ3v) is 3.34. The van der Waals surface area contributed by atoms with E-state index in [0.717, 1.165) is 26.2 Å². The van der Waals surface area contributed by atoms with E-state index in [1.807, 2.05) is 0 Å². The van der Waals surface area contributed by atoms with Gasteiger partial charge in [-0.3, -0.25) is 4.79 Å². The Morgan fingerprint density at radius 2 is 1.50 bits per heavy atom. The molecule has 0 saturated carbocycles. The van der Waals surface area contributed by atoms with Crippen LogP contribution in [0.1, 0.15) is 71.1 Å². The first-order valence-electron chi connectivity index (χ1n) is 8.29. The Morgan fingerprint density at radius 3 is 2.10 bits per heavy atom. The number of ether oxygens (including phenoxy) is 1. The predicted octanol–water partition coefficient (Wildman–Crippen LogP) is 4.23. The second kappa shape index (κ2) is 16.2. The summed E-state index contributed by atoms with van der Waals surface area (Å²) in [5.74, 6) is -0.0637. The number of nitrogens with one attached hydrogen (secondary N) is 1. The lowest BCUT2D eigenvalue weighted by Gasteiger charge is -2.04. The highest BCUT2D eigenvalue weighted by Gasteiger charge is 1.95. The van der Waals surface area contributed by atoms with Crippen LogP contribution in [0.25, 0.3) is 0 Å². The summed E-state index contributed by atoms with van der Waals surface area (Å²) < 4.78 is 5.53. The van der Waals surface area contributed by atoms with Crippen molar-refractivity contribution in [2.24, 2.45) is 0 Å². The smallest absolute Gasteiger partial charge is 0.243 e. The zero-order valence-electron chi connectivity index (χ0n) is 13.3. The Hall–Kier alpha value is -0.830. The molecule has 0 aromatic carbocycles. The van der Waals surface area contributed by atoms with Crippen LogP contribution < -0.4 is 5.32 Å².